The van der Waals surface area contributed by atoms with E-state index in [1.54, 1.807) is 6.92 Å². The van der Waals surface area contributed by atoms with Crippen LogP contribution in [0, 0.1) is 5.92 Å². The quantitative estimate of drug-likeness (QED) is 0.762. The normalized spacial score (nSPS) is 21.8. The van der Waals surface area contributed by atoms with Crippen molar-refractivity contribution in [3.8, 4) is 0 Å². The third-order valence-corrected chi connectivity index (χ3v) is 3.06. The van der Waals surface area contributed by atoms with Crippen molar-refractivity contribution in [2.75, 3.05) is 32.8 Å². The summed E-state index contributed by atoms with van der Waals surface area (Å²) in [5, 5.41) is 2.82. The van der Waals surface area contributed by atoms with Gasteiger partial charge in [-0.05, 0) is 25.3 Å². The lowest BCUT2D eigenvalue weighted by Crippen LogP contribution is -2.47. The second-order valence-electron chi connectivity index (χ2n) is 5.27. The molecule has 1 saturated heterocycles. The molecular weight excluding hydrogens is 216 g/mol. The number of rotatable bonds is 6. The van der Waals surface area contributed by atoms with Crippen LogP contribution in [0.2, 0.25) is 0 Å². The Morgan fingerprint density at radius 3 is 2.94 bits per heavy atom. The maximum Gasteiger partial charge on any atom is 0.216 e. The Morgan fingerprint density at radius 2 is 2.29 bits per heavy atom. The Bertz CT molecular complexity index is 231. The third-order valence-electron chi connectivity index (χ3n) is 3.06. The van der Waals surface area contributed by atoms with Gasteiger partial charge in [0.2, 0.25) is 5.91 Å². The molecule has 1 atom stereocenters. The summed E-state index contributed by atoms with van der Waals surface area (Å²) < 4.78 is 5.63. The number of amides is 1. The molecule has 0 bridgehead atoms. The minimum atomic E-state index is 0.0190. The van der Waals surface area contributed by atoms with E-state index in [1.165, 1.54) is 12.8 Å². The third kappa shape index (κ3) is 6.64. The first-order valence-electron chi connectivity index (χ1n) is 6.66. The molecular formula is C13H26N2O2. The molecule has 1 heterocycles. The van der Waals surface area contributed by atoms with Crippen LogP contribution in [0.3, 0.4) is 0 Å². The van der Waals surface area contributed by atoms with Crippen molar-refractivity contribution < 1.29 is 9.53 Å². The smallest absolute Gasteiger partial charge is 0.216 e. The molecule has 1 N–H and O–H groups in total. The average Bonchev–Trinajstić information content (AvgIpc) is 2.26. The molecule has 1 aliphatic heterocycles. The molecule has 0 unspecified atom stereocenters. The molecule has 0 aromatic carbocycles. The number of nitrogens with zero attached hydrogens (tertiary/aromatic N) is 1. The van der Waals surface area contributed by atoms with Crippen LogP contribution >= 0.6 is 0 Å². The standard InChI is InChI=1S/C13H26N2O2/c1-11(2)5-4-6-15-7-8-17-13(10-15)9-14-12(3)16/h11,13H,4-10H2,1-3H3,(H,14,16)/t13-/m1/s1. The molecule has 100 valence electrons. The first-order valence-corrected chi connectivity index (χ1v) is 6.66. The Kier molecular flexibility index (Phi) is 6.52. The van der Waals surface area contributed by atoms with Crippen LogP contribution in [-0.2, 0) is 9.53 Å². The van der Waals surface area contributed by atoms with Crippen molar-refractivity contribution in [1.29, 1.82) is 0 Å². The van der Waals surface area contributed by atoms with Crippen molar-refractivity contribution in [2.45, 2.75) is 39.7 Å². The zero-order valence-corrected chi connectivity index (χ0v) is 11.4. The summed E-state index contributed by atoms with van der Waals surface area (Å²) in [6.45, 7) is 10.6. The molecule has 1 amide bonds. The number of hydrogen-bond donors (Lipinski definition) is 1. The van der Waals surface area contributed by atoms with Gasteiger partial charge in [0.25, 0.3) is 0 Å². The van der Waals surface area contributed by atoms with E-state index in [9.17, 15) is 4.79 Å². The fourth-order valence-electron chi connectivity index (χ4n) is 2.09. The van der Waals surface area contributed by atoms with Gasteiger partial charge in [-0.2, -0.15) is 0 Å². The molecule has 4 nitrogen and oxygen atoms in total. The number of nitrogens with one attached hydrogen (secondary N) is 1. The maximum absolute atomic E-state index is 10.8. The van der Waals surface area contributed by atoms with Gasteiger partial charge >= 0.3 is 0 Å². The summed E-state index contributed by atoms with van der Waals surface area (Å²) in [6.07, 6.45) is 2.70. The highest BCUT2D eigenvalue weighted by Gasteiger charge is 2.19. The second kappa shape index (κ2) is 7.67. The predicted molar refractivity (Wildman–Crippen MR) is 68.9 cm³/mol. The van der Waals surface area contributed by atoms with E-state index in [4.69, 9.17) is 4.74 Å². The minimum Gasteiger partial charge on any atom is -0.374 e. The van der Waals surface area contributed by atoms with Gasteiger partial charge in [-0.15, -0.1) is 0 Å². The second-order valence-corrected chi connectivity index (χ2v) is 5.27. The summed E-state index contributed by atoms with van der Waals surface area (Å²) in [7, 11) is 0. The minimum absolute atomic E-state index is 0.0190. The predicted octanol–water partition coefficient (Wildman–Crippen LogP) is 1.26. The Hall–Kier alpha value is -0.610. The zero-order chi connectivity index (χ0) is 12.7. The number of ether oxygens (including phenoxy) is 1. The summed E-state index contributed by atoms with van der Waals surface area (Å²) >= 11 is 0. The molecule has 0 saturated carbocycles. The molecule has 1 aliphatic rings. The average molecular weight is 242 g/mol. The van der Waals surface area contributed by atoms with Crippen molar-refractivity contribution in [3.63, 3.8) is 0 Å². The van der Waals surface area contributed by atoms with E-state index in [1.807, 2.05) is 0 Å². The molecule has 0 aliphatic carbocycles. The maximum atomic E-state index is 10.8. The SMILES string of the molecule is CC(=O)NC[C@@H]1CN(CCCC(C)C)CCO1. The molecule has 0 spiro atoms. The van der Waals surface area contributed by atoms with E-state index in [0.717, 1.165) is 32.2 Å². The fraction of sp³-hybridized carbons (Fsp3) is 0.923. The van der Waals surface area contributed by atoms with Gasteiger partial charge in [0, 0.05) is 26.6 Å². The van der Waals surface area contributed by atoms with Gasteiger partial charge < -0.3 is 10.1 Å². The van der Waals surface area contributed by atoms with Gasteiger partial charge in [-0.25, -0.2) is 0 Å². The van der Waals surface area contributed by atoms with E-state index in [2.05, 4.69) is 24.1 Å². The fourth-order valence-corrected chi connectivity index (χ4v) is 2.09. The van der Waals surface area contributed by atoms with Gasteiger partial charge in [0.1, 0.15) is 0 Å². The van der Waals surface area contributed by atoms with Crippen molar-refractivity contribution in [1.82, 2.24) is 10.2 Å². The number of hydrogen-bond acceptors (Lipinski definition) is 3. The highest BCUT2D eigenvalue weighted by molar-refractivity contribution is 5.72. The largest absolute Gasteiger partial charge is 0.374 e. The highest BCUT2D eigenvalue weighted by Crippen LogP contribution is 2.09. The Labute approximate surface area is 105 Å². The van der Waals surface area contributed by atoms with E-state index < -0.39 is 0 Å². The van der Waals surface area contributed by atoms with Gasteiger partial charge in [-0.1, -0.05) is 13.8 Å². The number of morpholine rings is 1. The zero-order valence-electron chi connectivity index (χ0n) is 11.4. The molecule has 1 rings (SSSR count). The highest BCUT2D eigenvalue weighted by atomic mass is 16.5. The van der Waals surface area contributed by atoms with Crippen molar-refractivity contribution in [3.05, 3.63) is 0 Å². The van der Waals surface area contributed by atoms with Crippen molar-refractivity contribution in [2.24, 2.45) is 5.92 Å². The lowest BCUT2D eigenvalue weighted by Gasteiger charge is -2.33. The summed E-state index contributed by atoms with van der Waals surface area (Å²) in [5.74, 6) is 0.803. The van der Waals surface area contributed by atoms with Crippen LogP contribution in [0.25, 0.3) is 0 Å². The van der Waals surface area contributed by atoms with E-state index in [0.29, 0.717) is 6.54 Å². The first-order chi connectivity index (χ1) is 8.08. The van der Waals surface area contributed by atoms with E-state index in [-0.39, 0.29) is 12.0 Å². The molecule has 17 heavy (non-hydrogen) atoms. The van der Waals surface area contributed by atoms with Gasteiger partial charge in [0.05, 0.1) is 12.7 Å². The molecule has 4 heteroatoms. The number of carbonyl (C=O) groups excluding carboxylic acids is 1. The van der Waals surface area contributed by atoms with Crippen LogP contribution in [0.1, 0.15) is 33.6 Å². The summed E-state index contributed by atoms with van der Waals surface area (Å²) in [4.78, 5) is 13.3. The van der Waals surface area contributed by atoms with Crippen LogP contribution in [0.15, 0.2) is 0 Å². The van der Waals surface area contributed by atoms with Crippen LogP contribution in [0.4, 0.5) is 0 Å². The lowest BCUT2D eigenvalue weighted by molar-refractivity contribution is -0.120. The van der Waals surface area contributed by atoms with Crippen LogP contribution < -0.4 is 5.32 Å². The monoisotopic (exact) mass is 242 g/mol. The summed E-state index contributed by atoms with van der Waals surface area (Å²) in [6, 6.07) is 0. The Morgan fingerprint density at radius 1 is 1.53 bits per heavy atom. The first kappa shape index (κ1) is 14.5. The van der Waals surface area contributed by atoms with Gasteiger partial charge in [0.15, 0.2) is 0 Å². The topological polar surface area (TPSA) is 41.6 Å². The summed E-state index contributed by atoms with van der Waals surface area (Å²) in [5.41, 5.74) is 0. The Balaban J connectivity index is 2.17. The van der Waals surface area contributed by atoms with E-state index >= 15 is 0 Å². The molecule has 0 aromatic heterocycles. The van der Waals surface area contributed by atoms with Crippen LogP contribution in [-0.4, -0.2) is 49.7 Å². The molecule has 1 fully saturated rings. The molecule has 0 aromatic rings. The van der Waals surface area contributed by atoms with Gasteiger partial charge in [-0.3, -0.25) is 9.69 Å². The molecule has 0 radical (unpaired) electrons. The van der Waals surface area contributed by atoms with Crippen molar-refractivity contribution >= 4 is 5.91 Å². The lowest BCUT2D eigenvalue weighted by atomic mass is 10.1. The van der Waals surface area contributed by atoms with Crippen LogP contribution in [0.5, 0.6) is 0 Å². The number of carbonyl (C=O) groups is 1.